The Morgan fingerprint density at radius 2 is 2.17 bits per heavy atom. The molecule has 1 heterocycles. The molecule has 2 heteroatoms. The Morgan fingerprint density at radius 1 is 1.50 bits per heavy atom. The van der Waals surface area contributed by atoms with Gasteiger partial charge < -0.3 is 4.74 Å². The van der Waals surface area contributed by atoms with Gasteiger partial charge in [-0.25, -0.2) is 0 Å². The predicted octanol–water partition coefficient (Wildman–Crippen LogP) is 1.40. The summed E-state index contributed by atoms with van der Waals surface area (Å²) in [4.78, 5) is 11.4. The van der Waals surface area contributed by atoms with Crippen LogP contribution in [-0.4, -0.2) is 19.0 Å². The van der Waals surface area contributed by atoms with Gasteiger partial charge in [-0.05, 0) is 19.8 Å². The van der Waals surface area contributed by atoms with E-state index < -0.39 is 0 Å². The van der Waals surface area contributed by atoms with Crippen LogP contribution in [0.5, 0.6) is 0 Å². The highest BCUT2D eigenvalue weighted by atomic mass is 16.5. The lowest BCUT2D eigenvalue weighted by Crippen LogP contribution is -2.22. The molecule has 1 aliphatic rings. The first-order valence-corrected chi connectivity index (χ1v) is 4.34. The van der Waals surface area contributed by atoms with Gasteiger partial charge in [0.05, 0.1) is 6.42 Å². The van der Waals surface area contributed by atoms with Gasteiger partial charge in [-0.3, -0.25) is 4.79 Å². The quantitative estimate of drug-likeness (QED) is 0.579. The molecular formula is C10H14O2. The number of ether oxygens (including phenoxy) is 1. The van der Waals surface area contributed by atoms with Crippen LogP contribution in [0.25, 0.3) is 0 Å². The average molecular weight is 166 g/mol. The monoisotopic (exact) mass is 166 g/mol. The van der Waals surface area contributed by atoms with Gasteiger partial charge in [-0.2, -0.15) is 0 Å². The van der Waals surface area contributed by atoms with Crippen molar-refractivity contribution >= 4 is 5.78 Å². The SMILES string of the molecule is CC#CCC(=O)C1CCOCC1. The molecule has 0 N–H and O–H groups in total. The molecule has 0 spiro atoms. The third-order valence-corrected chi connectivity index (χ3v) is 2.12. The summed E-state index contributed by atoms with van der Waals surface area (Å²) in [6, 6.07) is 0. The molecule has 1 fully saturated rings. The number of carbonyl (C=O) groups excluding carboxylic acids is 1. The highest BCUT2D eigenvalue weighted by Gasteiger charge is 2.19. The van der Waals surface area contributed by atoms with E-state index in [9.17, 15) is 4.79 Å². The predicted molar refractivity (Wildman–Crippen MR) is 46.6 cm³/mol. The number of hydrogen-bond acceptors (Lipinski definition) is 2. The third kappa shape index (κ3) is 2.67. The first-order chi connectivity index (χ1) is 5.84. The molecule has 1 rings (SSSR count). The van der Waals surface area contributed by atoms with Crippen LogP contribution in [0.15, 0.2) is 0 Å². The molecule has 0 atom stereocenters. The molecule has 0 aromatic carbocycles. The minimum atomic E-state index is 0.208. The molecule has 0 amide bonds. The fourth-order valence-electron chi connectivity index (χ4n) is 1.34. The van der Waals surface area contributed by atoms with Crippen molar-refractivity contribution in [3.63, 3.8) is 0 Å². The van der Waals surface area contributed by atoms with E-state index in [4.69, 9.17) is 4.74 Å². The van der Waals surface area contributed by atoms with Crippen molar-refractivity contribution in [2.75, 3.05) is 13.2 Å². The molecule has 12 heavy (non-hydrogen) atoms. The number of hydrogen-bond donors (Lipinski definition) is 0. The van der Waals surface area contributed by atoms with E-state index in [0.717, 1.165) is 26.1 Å². The van der Waals surface area contributed by atoms with Crippen LogP contribution in [0.4, 0.5) is 0 Å². The van der Waals surface area contributed by atoms with Crippen molar-refractivity contribution < 1.29 is 9.53 Å². The maximum atomic E-state index is 11.4. The Hall–Kier alpha value is -0.810. The lowest BCUT2D eigenvalue weighted by molar-refractivity contribution is -0.124. The second kappa shape index (κ2) is 4.95. The van der Waals surface area contributed by atoms with Crippen molar-refractivity contribution in [2.45, 2.75) is 26.2 Å². The van der Waals surface area contributed by atoms with Crippen LogP contribution < -0.4 is 0 Å². The van der Waals surface area contributed by atoms with E-state index >= 15 is 0 Å². The number of ketones is 1. The number of carbonyl (C=O) groups is 1. The minimum Gasteiger partial charge on any atom is -0.381 e. The standard InChI is InChI=1S/C10H14O2/c1-2-3-4-10(11)9-5-7-12-8-6-9/h9H,4-8H2,1H3. The normalized spacial score (nSPS) is 18.1. The molecule has 0 unspecified atom stereocenters. The fourth-order valence-corrected chi connectivity index (χ4v) is 1.34. The second-order valence-corrected chi connectivity index (χ2v) is 2.96. The van der Waals surface area contributed by atoms with Gasteiger partial charge >= 0.3 is 0 Å². The van der Waals surface area contributed by atoms with Gasteiger partial charge in [0.2, 0.25) is 0 Å². The van der Waals surface area contributed by atoms with Gasteiger partial charge in [0.15, 0.2) is 0 Å². The zero-order chi connectivity index (χ0) is 8.81. The van der Waals surface area contributed by atoms with Gasteiger partial charge in [0.25, 0.3) is 0 Å². The summed E-state index contributed by atoms with van der Waals surface area (Å²) in [5.41, 5.74) is 0. The topological polar surface area (TPSA) is 26.3 Å². The van der Waals surface area contributed by atoms with Gasteiger partial charge in [0.1, 0.15) is 5.78 Å². The van der Waals surface area contributed by atoms with E-state index in [0.29, 0.717) is 6.42 Å². The molecule has 0 aliphatic carbocycles. The molecule has 2 nitrogen and oxygen atoms in total. The molecule has 0 saturated carbocycles. The maximum absolute atomic E-state index is 11.4. The van der Waals surface area contributed by atoms with Crippen molar-refractivity contribution in [1.29, 1.82) is 0 Å². The molecule has 1 saturated heterocycles. The van der Waals surface area contributed by atoms with E-state index in [-0.39, 0.29) is 11.7 Å². The molecule has 0 aromatic rings. The molecule has 0 aromatic heterocycles. The van der Waals surface area contributed by atoms with Crippen LogP contribution in [-0.2, 0) is 9.53 Å². The lowest BCUT2D eigenvalue weighted by atomic mass is 9.94. The summed E-state index contributed by atoms with van der Waals surface area (Å²) in [5.74, 6) is 6.03. The Balaban J connectivity index is 2.33. The fraction of sp³-hybridized carbons (Fsp3) is 0.700. The molecular weight excluding hydrogens is 152 g/mol. The average Bonchev–Trinajstić information content (AvgIpc) is 2.15. The minimum absolute atomic E-state index is 0.208. The Morgan fingerprint density at radius 3 is 2.75 bits per heavy atom. The third-order valence-electron chi connectivity index (χ3n) is 2.12. The molecule has 66 valence electrons. The van der Waals surface area contributed by atoms with Crippen molar-refractivity contribution in [3.05, 3.63) is 0 Å². The van der Waals surface area contributed by atoms with E-state index in [1.54, 1.807) is 6.92 Å². The summed E-state index contributed by atoms with van der Waals surface area (Å²) in [7, 11) is 0. The highest BCUT2D eigenvalue weighted by molar-refractivity contribution is 5.83. The molecule has 0 bridgehead atoms. The van der Waals surface area contributed by atoms with Gasteiger partial charge in [0, 0.05) is 19.1 Å². The van der Waals surface area contributed by atoms with Crippen LogP contribution in [0, 0.1) is 17.8 Å². The van der Waals surface area contributed by atoms with Crippen LogP contribution in [0.2, 0.25) is 0 Å². The van der Waals surface area contributed by atoms with Gasteiger partial charge in [-0.15, -0.1) is 5.92 Å². The van der Waals surface area contributed by atoms with Gasteiger partial charge in [-0.1, -0.05) is 5.92 Å². The first kappa shape index (κ1) is 9.28. The second-order valence-electron chi connectivity index (χ2n) is 2.96. The zero-order valence-electron chi connectivity index (χ0n) is 7.43. The Labute approximate surface area is 73.3 Å². The van der Waals surface area contributed by atoms with Crippen molar-refractivity contribution in [2.24, 2.45) is 5.92 Å². The largest absolute Gasteiger partial charge is 0.381 e. The number of Topliss-reactive ketones (excluding diaryl/α,β-unsaturated/α-hetero) is 1. The summed E-state index contributed by atoms with van der Waals surface area (Å²) in [6.45, 7) is 3.23. The smallest absolute Gasteiger partial charge is 0.147 e. The number of rotatable bonds is 2. The van der Waals surface area contributed by atoms with Crippen LogP contribution >= 0.6 is 0 Å². The lowest BCUT2D eigenvalue weighted by Gasteiger charge is -2.19. The molecule has 0 radical (unpaired) electrons. The van der Waals surface area contributed by atoms with Crippen LogP contribution in [0.1, 0.15) is 26.2 Å². The summed E-state index contributed by atoms with van der Waals surface area (Å²) in [5, 5.41) is 0. The van der Waals surface area contributed by atoms with E-state index in [1.807, 2.05) is 0 Å². The first-order valence-electron chi connectivity index (χ1n) is 4.34. The highest BCUT2D eigenvalue weighted by Crippen LogP contribution is 2.16. The van der Waals surface area contributed by atoms with Crippen molar-refractivity contribution in [3.8, 4) is 11.8 Å². The summed E-state index contributed by atoms with van der Waals surface area (Å²) < 4.78 is 5.17. The Bertz CT molecular complexity index is 204. The summed E-state index contributed by atoms with van der Waals surface area (Å²) >= 11 is 0. The molecule has 1 aliphatic heterocycles. The van der Waals surface area contributed by atoms with E-state index in [1.165, 1.54) is 0 Å². The van der Waals surface area contributed by atoms with Crippen LogP contribution in [0.3, 0.4) is 0 Å². The summed E-state index contributed by atoms with van der Waals surface area (Å²) in [6.07, 6.45) is 2.18. The Kier molecular flexibility index (Phi) is 3.83. The van der Waals surface area contributed by atoms with E-state index in [2.05, 4.69) is 11.8 Å². The van der Waals surface area contributed by atoms with Crippen molar-refractivity contribution in [1.82, 2.24) is 0 Å². The maximum Gasteiger partial charge on any atom is 0.147 e. The zero-order valence-corrected chi connectivity index (χ0v) is 7.43.